The summed E-state index contributed by atoms with van der Waals surface area (Å²) in [5.74, 6) is 0.623. The molecule has 1 aliphatic carbocycles. The summed E-state index contributed by atoms with van der Waals surface area (Å²) in [4.78, 5) is 12.8. The molecule has 0 atom stereocenters. The standard InChI is InChI=1S/C15H15N2O/c18-17(13-6-2-1-3-7-13)16-15-9-5-4-8-14(15)12-10-11-12/h1-9,12H,10-11H2,(H,16,18)/q+1. The molecule has 3 rings (SSSR count). The number of para-hydroxylation sites is 2. The average molecular weight is 239 g/mol. The van der Waals surface area contributed by atoms with Crippen molar-refractivity contribution in [2.24, 2.45) is 0 Å². The third-order valence-electron chi connectivity index (χ3n) is 3.19. The molecule has 2 aromatic carbocycles. The van der Waals surface area contributed by atoms with Crippen LogP contribution in [0.3, 0.4) is 0 Å². The fourth-order valence-electron chi connectivity index (χ4n) is 2.09. The number of nitrogens with one attached hydrogen (secondary N) is 1. The van der Waals surface area contributed by atoms with E-state index in [9.17, 15) is 4.91 Å². The fraction of sp³-hybridized carbons (Fsp3) is 0.200. The van der Waals surface area contributed by atoms with Crippen molar-refractivity contribution in [3.8, 4) is 0 Å². The zero-order chi connectivity index (χ0) is 12.4. The van der Waals surface area contributed by atoms with Crippen LogP contribution in [0.5, 0.6) is 0 Å². The summed E-state index contributed by atoms with van der Waals surface area (Å²) < 4.78 is 0. The molecule has 0 aromatic heterocycles. The molecule has 1 fully saturated rings. The number of benzene rings is 2. The summed E-state index contributed by atoms with van der Waals surface area (Å²) in [7, 11) is 0. The van der Waals surface area contributed by atoms with Crippen LogP contribution in [0.1, 0.15) is 24.3 Å². The maximum Gasteiger partial charge on any atom is 0.292 e. The lowest BCUT2D eigenvalue weighted by Crippen LogP contribution is -2.11. The van der Waals surface area contributed by atoms with Gasteiger partial charge in [-0.25, -0.2) is 0 Å². The van der Waals surface area contributed by atoms with Crippen molar-refractivity contribution in [1.82, 2.24) is 0 Å². The molecule has 2 aromatic rings. The molecule has 0 heterocycles. The molecule has 3 nitrogen and oxygen atoms in total. The van der Waals surface area contributed by atoms with Gasteiger partial charge in [0.2, 0.25) is 0 Å². The summed E-state index contributed by atoms with van der Waals surface area (Å²) in [6.45, 7) is 0. The van der Waals surface area contributed by atoms with Crippen LogP contribution in [0.4, 0.5) is 11.4 Å². The Morgan fingerprint density at radius 2 is 1.61 bits per heavy atom. The van der Waals surface area contributed by atoms with Gasteiger partial charge in [-0.3, -0.25) is 0 Å². The molecule has 0 bridgehead atoms. The Bertz CT molecular complexity index is 562. The van der Waals surface area contributed by atoms with Crippen molar-refractivity contribution in [1.29, 1.82) is 0 Å². The molecule has 0 saturated heterocycles. The van der Waals surface area contributed by atoms with Crippen molar-refractivity contribution in [2.45, 2.75) is 18.8 Å². The van der Waals surface area contributed by atoms with E-state index in [0.29, 0.717) is 11.6 Å². The Labute approximate surface area is 106 Å². The molecule has 3 heteroatoms. The van der Waals surface area contributed by atoms with Gasteiger partial charge in [-0.1, -0.05) is 36.4 Å². The molecule has 0 radical (unpaired) electrons. The number of hydrazine groups is 1. The van der Waals surface area contributed by atoms with Gasteiger partial charge in [-0.15, -0.1) is 5.43 Å². The zero-order valence-corrected chi connectivity index (χ0v) is 10.0. The quantitative estimate of drug-likeness (QED) is 0.646. The first-order valence-corrected chi connectivity index (χ1v) is 6.22. The monoisotopic (exact) mass is 239 g/mol. The Kier molecular flexibility index (Phi) is 2.81. The molecular weight excluding hydrogens is 224 g/mol. The smallest absolute Gasteiger partial charge is 0.114 e. The second-order valence-electron chi connectivity index (χ2n) is 4.60. The predicted octanol–water partition coefficient (Wildman–Crippen LogP) is 4.00. The molecule has 0 spiro atoms. The molecular formula is C15H15N2O+. The average Bonchev–Trinajstić information content (AvgIpc) is 3.25. The lowest BCUT2D eigenvalue weighted by molar-refractivity contribution is -0.427. The van der Waals surface area contributed by atoms with Gasteiger partial charge in [0, 0.05) is 12.1 Å². The molecule has 1 aliphatic rings. The van der Waals surface area contributed by atoms with E-state index < -0.39 is 0 Å². The first kappa shape index (κ1) is 11.0. The summed E-state index contributed by atoms with van der Waals surface area (Å²) in [5, 5.41) is 0. The lowest BCUT2D eigenvalue weighted by atomic mass is 10.1. The van der Waals surface area contributed by atoms with Gasteiger partial charge in [-0.05, 0) is 30.4 Å². The number of hydrogen-bond acceptors (Lipinski definition) is 1. The highest BCUT2D eigenvalue weighted by Gasteiger charge is 2.27. The molecule has 0 unspecified atom stereocenters. The van der Waals surface area contributed by atoms with E-state index in [2.05, 4.69) is 11.5 Å². The minimum Gasteiger partial charge on any atom is -0.114 e. The third kappa shape index (κ3) is 2.25. The van der Waals surface area contributed by atoms with Gasteiger partial charge >= 0.3 is 0 Å². The minimum absolute atomic E-state index is 0.614. The van der Waals surface area contributed by atoms with E-state index in [1.54, 1.807) is 12.1 Å². The van der Waals surface area contributed by atoms with Crippen molar-refractivity contribution < 1.29 is 4.87 Å². The highest BCUT2D eigenvalue weighted by atomic mass is 16.3. The molecule has 1 saturated carbocycles. The maximum absolute atomic E-state index is 12.0. The van der Waals surface area contributed by atoms with Crippen LogP contribution in [-0.2, 0) is 0 Å². The summed E-state index contributed by atoms with van der Waals surface area (Å²) in [6, 6.07) is 17.2. The van der Waals surface area contributed by atoms with Gasteiger partial charge in [0.1, 0.15) is 5.69 Å². The van der Waals surface area contributed by atoms with Crippen molar-refractivity contribution in [3.63, 3.8) is 0 Å². The van der Waals surface area contributed by atoms with E-state index in [1.165, 1.54) is 18.4 Å². The number of hydrogen-bond donors (Lipinski definition) is 1. The number of rotatable bonds is 4. The van der Waals surface area contributed by atoms with Crippen molar-refractivity contribution in [2.75, 3.05) is 5.43 Å². The molecule has 90 valence electrons. The van der Waals surface area contributed by atoms with Crippen LogP contribution in [0, 0.1) is 4.91 Å². The SMILES string of the molecule is O=[N+](Nc1ccccc1C1CC1)c1ccccc1. The van der Waals surface area contributed by atoms with Crippen LogP contribution >= 0.6 is 0 Å². The predicted molar refractivity (Wildman–Crippen MR) is 71.8 cm³/mol. The zero-order valence-electron chi connectivity index (χ0n) is 10.0. The van der Waals surface area contributed by atoms with Gasteiger partial charge in [0.25, 0.3) is 5.69 Å². The Morgan fingerprint density at radius 1 is 0.944 bits per heavy atom. The molecule has 0 aliphatic heterocycles. The summed E-state index contributed by atoms with van der Waals surface area (Å²) in [6.07, 6.45) is 2.45. The van der Waals surface area contributed by atoms with E-state index >= 15 is 0 Å². The van der Waals surface area contributed by atoms with E-state index in [1.807, 2.05) is 36.4 Å². The lowest BCUT2D eigenvalue weighted by Gasteiger charge is -2.04. The summed E-state index contributed by atoms with van der Waals surface area (Å²) in [5.41, 5.74) is 5.70. The van der Waals surface area contributed by atoms with Crippen molar-refractivity contribution >= 4 is 11.4 Å². The minimum atomic E-state index is 0.614. The van der Waals surface area contributed by atoms with Crippen LogP contribution in [0.15, 0.2) is 54.6 Å². The first-order valence-electron chi connectivity index (χ1n) is 6.22. The Hall–Kier alpha value is -2.16. The third-order valence-corrected chi connectivity index (χ3v) is 3.19. The normalized spacial score (nSPS) is 14.2. The Morgan fingerprint density at radius 3 is 2.33 bits per heavy atom. The van der Waals surface area contributed by atoms with Crippen LogP contribution < -0.4 is 5.43 Å². The highest BCUT2D eigenvalue weighted by molar-refractivity contribution is 5.52. The second kappa shape index (κ2) is 4.61. The molecule has 18 heavy (non-hydrogen) atoms. The van der Waals surface area contributed by atoms with Gasteiger partial charge in [0.05, 0.1) is 4.91 Å². The highest BCUT2D eigenvalue weighted by Crippen LogP contribution is 2.43. The van der Waals surface area contributed by atoms with Gasteiger partial charge in [0.15, 0.2) is 4.87 Å². The molecule has 0 amide bonds. The largest absolute Gasteiger partial charge is 0.292 e. The first-order chi connectivity index (χ1) is 8.84. The number of anilines is 1. The van der Waals surface area contributed by atoms with Gasteiger partial charge < -0.3 is 0 Å². The van der Waals surface area contributed by atoms with E-state index in [4.69, 9.17) is 0 Å². The summed E-state index contributed by atoms with van der Waals surface area (Å²) >= 11 is 0. The number of nitroso groups, excluding NO2 is 1. The number of nitrogens with zero attached hydrogens (tertiary/aromatic N) is 1. The second-order valence-corrected chi connectivity index (χ2v) is 4.60. The van der Waals surface area contributed by atoms with E-state index in [0.717, 1.165) is 10.6 Å². The maximum atomic E-state index is 12.0. The van der Waals surface area contributed by atoms with Crippen LogP contribution in [0.25, 0.3) is 0 Å². The van der Waals surface area contributed by atoms with Crippen LogP contribution in [0.2, 0.25) is 0 Å². The fourth-order valence-corrected chi connectivity index (χ4v) is 2.09. The Balaban J connectivity index is 1.82. The van der Waals surface area contributed by atoms with Crippen LogP contribution in [-0.4, -0.2) is 4.87 Å². The topological polar surface area (TPSA) is 32.1 Å². The van der Waals surface area contributed by atoms with Crippen molar-refractivity contribution in [3.05, 3.63) is 65.1 Å². The van der Waals surface area contributed by atoms with Gasteiger partial charge in [-0.2, -0.15) is 0 Å². The van der Waals surface area contributed by atoms with E-state index in [-0.39, 0.29) is 0 Å². The molecule has 1 N–H and O–H groups in total.